The van der Waals surface area contributed by atoms with E-state index in [1.165, 1.54) is 12.1 Å². The number of urea groups is 1. The van der Waals surface area contributed by atoms with Gasteiger partial charge in [0.05, 0.1) is 6.04 Å². The second-order valence-corrected chi connectivity index (χ2v) is 7.47. The number of fused-ring (bicyclic) bond motifs is 2. The molecule has 3 aromatic rings. The first kappa shape index (κ1) is 16.9. The van der Waals surface area contributed by atoms with Crippen molar-refractivity contribution in [1.29, 1.82) is 0 Å². The number of hydrogen-bond acceptors (Lipinski definition) is 2. The highest BCUT2D eigenvalue weighted by atomic mass is 32.2. The van der Waals surface area contributed by atoms with Crippen LogP contribution < -0.4 is 10.6 Å². The molecular formula is C21H19FN2OS. The quantitative estimate of drug-likeness (QED) is 0.684. The second kappa shape index (κ2) is 7.38. The molecule has 1 aliphatic rings. The summed E-state index contributed by atoms with van der Waals surface area (Å²) >= 11 is 1.70. The Labute approximate surface area is 156 Å². The summed E-state index contributed by atoms with van der Waals surface area (Å²) < 4.78 is 13.6. The summed E-state index contributed by atoms with van der Waals surface area (Å²) in [6.07, 6.45) is 0.794. The van der Waals surface area contributed by atoms with E-state index in [1.54, 1.807) is 17.8 Å². The van der Waals surface area contributed by atoms with Crippen molar-refractivity contribution in [3.63, 3.8) is 0 Å². The number of amides is 2. The van der Waals surface area contributed by atoms with Gasteiger partial charge >= 0.3 is 6.03 Å². The zero-order valence-electron chi connectivity index (χ0n) is 14.2. The van der Waals surface area contributed by atoms with Crippen LogP contribution in [-0.4, -0.2) is 11.8 Å². The number of halogens is 1. The van der Waals surface area contributed by atoms with Gasteiger partial charge in [-0.05, 0) is 46.5 Å². The smallest absolute Gasteiger partial charge is 0.315 e. The van der Waals surface area contributed by atoms with Crippen molar-refractivity contribution in [3.8, 4) is 0 Å². The summed E-state index contributed by atoms with van der Waals surface area (Å²) in [4.78, 5) is 13.4. The topological polar surface area (TPSA) is 41.1 Å². The molecule has 0 bridgehead atoms. The molecule has 0 saturated carbocycles. The number of nitrogens with one attached hydrogen (secondary N) is 2. The molecule has 0 saturated heterocycles. The van der Waals surface area contributed by atoms with Gasteiger partial charge in [0.1, 0.15) is 5.82 Å². The Hall–Kier alpha value is -2.53. The maximum Gasteiger partial charge on any atom is 0.315 e. The van der Waals surface area contributed by atoms with Crippen LogP contribution in [0, 0.1) is 5.82 Å². The molecule has 2 amide bonds. The number of rotatable bonds is 3. The Morgan fingerprint density at radius 2 is 1.96 bits per heavy atom. The van der Waals surface area contributed by atoms with E-state index in [0.717, 1.165) is 39.0 Å². The number of hydrogen-bond donors (Lipinski definition) is 2. The molecule has 1 unspecified atom stereocenters. The van der Waals surface area contributed by atoms with Gasteiger partial charge in [-0.3, -0.25) is 0 Å². The molecule has 0 spiro atoms. The van der Waals surface area contributed by atoms with Crippen molar-refractivity contribution in [2.24, 2.45) is 0 Å². The van der Waals surface area contributed by atoms with E-state index in [-0.39, 0.29) is 17.9 Å². The average Bonchev–Trinajstić information content (AvgIpc) is 2.67. The Balaban J connectivity index is 1.44. The lowest BCUT2D eigenvalue weighted by Gasteiger charge is -2.26. The molecule has 3 aromatic carbocycles. The minimum absolute atomic E-state index is 0.158. The Morgan fingerprint density at radius 3 is 2.88 bits per heavy atom. The van der Waals surface area contributed by atoms with E-state index in [0.29, 0.717) is 6.54 Å². The second-order valence-electron chi connectivity index (χ2n) is 6.34. The molecule has 1 aliphatic heterocycles. The van der Waals surface area contributed by atoms with Crippen LogP contribution in [0.3, 0.4) is 0 Å². The van der Waals surface area contributed by atoms with Gasteiger partial charge in [-0.15, -0.1) is 11.8 Å². The van der Waals surface area contributed by atoms with Crippen molar-refractivity contribution < 1.29 is 9.18 Å². The molecule has 0 radical (unpaired) electrons. The van der Waals surface area contributed by atoms with Crippen LogP contribution in [0.4, 0.5) is 9.18 Å². The first-order valence-corrected chi connectivity index (χ1v) is 9.62. The number of benzene rings is 3. The average molecular weight is 366 g/mol. The van der Waals surface area contributed by atoms with E-state index >= 15 is 0 Å². The van der Waals surface area contributed by atoms with E-state index in [2.05, 4.69) is 28.8 Å². The molecule has 132 valence electrons. The van der Waals surface area contributed by atoms with Crippen LogP contribution in [0.5, 0.6) is 0 Å². The fourth-order valence-electron chi connectivity index (χ4n) is 3.35. The maximum absolute atomic E-state index is 13.6. The summed E-state index contributed by atoms with van der Waals surface area (Å²) in [6.45, 7) is 0.449. The van der Waals surface area contributed by atoms with Crippen LogP contribution in [-0.2, 0) is 6.54 Å². The van der Waals surface area contributed by atoms with Gasteiger partial charge in [0.25, 0.3) is 0 Å². The summed E-state index contributed by atoms with van der Waals surface area (Å²) in [6, 6.07) is 18.6. The fraction of sp³-hybridized carbons (Fsp3) is 0.190. The number of carbonyl (C=O) groups is 1. The van der Waals surface area contributed by atoms with Gasteiger partial charge < -0.3 is 10.6 Å². The Kier molecular flexibility index (Phi) is 4.80. The SMILES string of the molecule is O=C(NCc1cccc2ccccc12)NC1CCSc2ccc(F)cc21. The molecule has 0 fully saturated rings. The predicted molar refractivity (Wildman–Crippen MR) is 104 cm³/mol. The van der Waals surface area contributed by atoms with Crippen LogP contribution in [0.25, 0.3) is 10.8 Å². The standard InChI is InChI=1S/C21H19FN2OS/c22-16-8-9-20-18(12-16)19(10-11-26-20)24-21(25)23-13-15-6-3-5-14-4-1-2-7-17(14)15/h1-9,12,19H,10-11,13H2,(H2,23,24,25). The Morgan fingerprint density at radius 1 is 1.12 bits per heavy atom. The van der Waals surface area contributed by atoms with Crippen LogP contribution in [0.15, 0.2) is 65.6 Å². The molecule has 4 rings (SSSR count). The summed E-state index contributed by atoms with van der Waals surface area (Å²) in [5.41, 5.74) is 1.94. The minimum Gasteiger partial charge on any atom is -0.334 e. The molecule has 0 aromatic heterocycles. The lowest BCUT2D eigenvalue weighted by atomic mass is 10.0. The van der Waals surface area contributed by atoms with Crippen LogP contribution in [0.1, 0.15) is 23.6 Å². The monoisotopic (exact) mass is 366 g/mol. The first-order chi connectivity index (χ1) is 12.7. The molecule has 1 atom stereocenters. The highest BCUT2D eigenvalue weighted by molar-refractivity contribution is 7.99. The van der Waals surface area contributed by atoms with Gasteiger partial charge in [-0.2, -0.15) is 0 Å². The normalized spacial score (nSPS) is 16.1. The fourth-order valence-corrected chi connectivity index (χ4v) is 4.45. The number of carbonyl (C=O) groups excluding carboxylic acids is 1. The minimum atomic E-state index is -0.269. The van der Waals surface area contributed by atoms with Crippen molar-refractivity contribution in [3.05, 3.63) is 77.6 Å². The van der Waals surface area contributed by atoms with E-state index in [1.807, 2.05) is 24.3 Å². The van der Waals surface area contributed by atoms with Crippen molar-refractivity contribution in [2.45, 2.75) is 23.9 Å². The van der Waals surface area contributed by atoms with Gasteiger partial charge in [0.2, 0.25) is 0 Å². The number of thioether (sulfide) groups is 1. The van der Waals surface area contributed by atoms with Crippen molar-refractivity contribution >= 4 is 28.6 Å². The van der Waals surface area contributed by atoms with E-state index < -0.39 is 0 Å². The third kappa shape index (κ3) is 3.53. The highest BCUT2D eigenvalue weighted by Crippen LogP contribution is 2.36. The maximum atomic E-state index is 13.6. The summed E-state index contributed by atoms with van der Waals surface area (Å²) in [5.74, 6) is 0.640. The van der Waals surface area contributed by atoms with Crippen molar-refractivity contribution in [2.75, 3.05) is 5.75 Å². The molecule has 5 heteroatoms. The third-order valence-electron chi connectivity index (χ3n) is 4.64. The van der Waals surface area contributed by atoms with E-state index in [9.17, 15) is 9.18 Å². The third-order valence-corrected chi connectivity index (χ3v) is 5.76. The largest absolute Gasteiger partial charge is 0.334 e. The van der Waals surface area contributed by atoms with Crippen LogP contribution in [0.2, 0.25) is 0 Å². The molecule has 1 heterocycles. The summed E-state index contributed by atoms with van der Waals surface area (Å²) in [7, 11) is 0. The molecule has 3 nitrogen and oxygen atoms in total. The molecule has 2 N–H and O–H groups in total. The van der Waals surface area contributed by atoms with Crippen molar-refractivity contribution in [1.82, 2.24) is 10.6 Å². The molecular weight excluding hydrogens is 347 g/mol. The molecule has 26 heavy (non-hydrogen) atoms. The lowest BCUT2D eigenvalue weighted by Crippen LogP contribution is -2.38. The Bertz CT molecular complexity index is 954. The van der Waals surface area contributed by atoms with E-state index in [4.69, 9.17) is 0 Å². The zero-order valence-corrected chi connectivity index (χ0v) is 15.0. The van der Waals surface area contributed by atoms with Gasteiger partial charge in [0.15, 0.2) is 0 Å². The molecule has 0 aliphatic carbocycles. The van der Waals surface area contributed by atoms with Gasteiger partial charge in [-0.1, -0.05) is 42.5 Å². The van der Waals surface area contributed by atoms with Crippen LogP contribution >= 0.6 is 11.8 Å². The van der Waals surface area contributed by atoms with Gasteiger partial charge in [-0.25, -0.2) is 9.18 Å². The first-order valence-electron chi connectivity index (χ1n) is 8.64. The van der Waals surface area contributed by atoms with Gasteiger partial charge in [0, 0.05) is 17.2 Å². The zero-order chi connectivity index (χ0) is 17.9. The lowest BCUT2D eigenvalue weighted by molar-refractivity contribution is 0.236. The highest BCUT2D eigenvalue weighted by Gasteiger charge is 2.22. The predicted octanol–water partition coefficient (Wildman–Crippen LogP) is 5.02. The summed E-state index contributed by atoms with van der Waals surface area (Å²) in [5, 5.41) is 8.21.